The first-order chi connectivity index (χ1) is 8.08. The van der Waals surface area contributed by atoms with Crippen LogP contribution in [0.5, 0.6) is 0 Å². The van der Waals surface area contributed by atoms with E-state index >= 15 is 0 Å². The molecule has 0 amide bonds. The Morgan fingerprint density at radius 2 is 2.00 bits per heavy atom. The highest BCUT2D eigenvalue weighted by atomic mass is 16.5. The number of carbonyl (C=O) groups is 1. The molecule has 0 saturated heterocycles. The first-order valence-corrected chi connectivity index (χ1v) is 6.57. The van der Waals surface area contributed by atoms with E-state index in [0.29, 0.717) is 6.61 Å². The Bertz CT molecular complexity index is 249. The molecule has 100 valence electrons. The van der Waals surface area contributed by atoms with Gasteiger partial charge in [0.25, 0.3) is 0 Å². The average Bonchev–Trinajstić information content (AvgIpc) is 2.31. The fraction of sp³-hybridized carbons (Fsp3) is 0.923. The largest absolute Gasteiger partial charge is 0.480 e. The summed E-state index contributed by atoms with van der Waals surface area (Å²) >= 11 is 0. The Morgan fingerprint density at radius 1 is 1.41 bits per heavy atom. The number of ether oxygens (including phenoxy) is 1. The first kappa shape index (κ1) is 14.5. The minimum atomic E-state index is -0.665. The lowest BCUT2D eigenvalue weighted by molar-refractivity contribution is -0.157. The molecule has 0 aromatic carbocycles. The van der Waals surface area contributed by atoms with Gasteiger partial charge in [-0.1, -0.05) is 26.2 Å². The molecule has 4 nitrogen and oxygen atoms in total. The van der Waals surface area contributed by atoms with Crippen molar-refractivity contribution in [3.63, 3.8) is 0 Å². The number of carboxylic acid groups (broad SMARTS) is 1. The van der Waals surface area contributed by atoms with E-state index in [1.165, 1.54) is 0 Å². The van der Waals surface area contributed by atoms with E-state index < -0.39 is 11.5 Å². The maximum atomic E-state index is 11.7. The Kier molecular flexibility index (Phi) is 5.40. The van der Waals surface area contributed by atoms with Crippen molar-refractivity contribution >= 4 is 5.97 Å². The molecule has 0 bridgehead atoms. The van der Waals surface area contributed by atoms with Gasteiger partial charge in [-0.15, -0.1) is 0 Å². The highest BCUT2D eigenvalue weighted by Gasteiger charge is 2.45. The standard InChI is InChI=1S/C13H25NO3/c1-4-14(11(2)10-17-3)13(12(15)16)8-6-5-7-9-13/h11H,4-10H2,1-3H3,(H,15,16). The third-order valence-corrected chi connectivity index (χ3v) is 3.91. The van der Waals surface area contributed by atoms with Crippen LogP contribution in [-0.4, -0.2) is 47.8 Å². The van der Waals surface area contributed by atoms with Gasteiger partial charge >= 0.3 is 5.97 Å². The van der Waals surface area contributed by atoms with Crippen molar-refractivity contribution in [1.82, 2.24) is 4.90 Å². The molecule has 4 heteroatoms. The van der Waals surface area contributed by atoms with Crippen molar-refractivity contribution < 1.29 is 14.6 Å². The summed E-state index contributed by atoms with van der Waals surface area (Å²) in [5.74, 6) is -0.665. The van der Waals surface area contributed by atoms with E-state index in [-0.39, 0.29) is 6.04 Å². The SMILES string of the molecule is CCN(C(C)COC)C1(C(=O)O)CCCCC1. The van der Waals surface area contributed by atoms with Crippen LogP contribution in [0.25, 0.3) is 0 Å². The van der Waals surface area contributed by atoms with Crippen LogP contribution in [0, 0.1) is 0 Å². The van der Waals surface area contributed by atoms with E-state index in [9.17, 15) is 9.90 Å². The second-order valence-electron chi connectivity index (χ2n) is 4.99. The molecule has 17 heavy (non-hydrogen) atoms. The van der Waals surface area contributed by atoms with E-state index in [0.717, 1.165) is 38.6 Å². The molecular weight excluding hydrogens is 218 g/mol. The van der Waals surface area contributed by atoms with Gasteiger partial charge in [0, 0.05) is 13.2 Å². The van der Waals surface area contributed by atoms with Crippen molar-refractivity contribution in [3.8, 4) is 0 Å². The topological polar surface area (TPSA) is 49.8 Å². The van der Waals surface area contributed by atoms with Gasteiger partial charge in [-0.25, -0.2) is 0 Å². The van der Waals surface area contributed by atoms with Crippen LogP contribution in [0.1, 0.15) is 46.0 Å². The number of hydrogen-bond donors (Lipinski definition) is 1. The van der Waals surface area contributed by atoms with Gasteiger partial charge in [0.2, 0.25) is 0 Å². The quantitative estimate of drug-likeness (QED) is 0.776. The second-order valence-corrected chi connectivity index (χ2v) is 4.99. The predicted molar refractivity (Wildman–Crippen MR) is 67.2 cm³/mol. The molecule has 0 spiro atoms. The molecule has 0 aromatic heterocycles. The van der Waals surface area contributed by atoms with Crippen molar-refractivity contribution in [2.24, 2.45) is 0 Å². The van der Waals surface area contributed by atoms with Crippen molar-refractivity contribution in [1.29, 1.82) is 0 Å². The summed E-state index contributed by atoms with van der Waals surface area (Å²) in [4.78, 5) is 13.8. The molecule has 1 rings (SSSR count). The van der Waals surface area contributed by atoms with Gasteiger partial charge in [-0.2, -0.15) is 0 Å². The van der Waals surface area contributed by atoms with Crippen LogP contribution in [-0.2, 0) is 9.53 Å². The molecule has 1 N–H and O–H groups in total. The Balaban J connectivity index is 2.89. The third-order valence-electron chi connectivity index (χ3n) is 3.91. The number of methoxy groups -OCH3 is 1. The van der Waals surface area contributed by atoms with Crippen LogP contribution in [0.4, 0.5) is 0 Å². The Morgan fingerprint density at radius 3 is 2.41 bits per heavy atom. The maximum Gasteiger partial charge on any atom is 0.324 e. The lowest BCUT2D eigenvalue weighted by atomic mass is 9.79. The number of aliphatic carboxylic acids is 1. The summed E-state index contributed by atoms with van der Waals surface area (Å²) < 4.78 is 5.17. The van der Waals surface area contributed by atoms with Crippen LogP contribution >= 0.6 is 0 Å². The molecule has 1 atom stereocenters. The lowest BCUT2D eigenvalue weighted by Gasteiger charge is -2.45. The molecule has 0 aliphatic heterocycles. The summed E-state index contributed by atoms with van der Waals surface area (Å²) in [5.41, 5.74) is -0.662. The fourth-order valence-corrected chi connectivity index (χ4v) is 3.13. The molecule has 1 aliphatic rings. The molecule has 0 aromatic rings. The predicted octanol–water partition coefficient (Wildman–Crippen LogP) is 2.13. The van der Waals surface area contributed by atoms with Gasteiger partial charge in [0.15, 0.2) is 0 Å². The van der Waals surface area contributed by atoms with Crippen LogP contribution in [0.3, 0.4) is 0 Å². The third kappa shape index (κ3) is 2.99. The van der Waals surface area contributed by atoms with Gasteiger partial charge in [0.1, 0.15) is 5.54 Å². The highest BCUT2D eigenvalue weighted by Crippen LogP contribution is 2.35. The van der Waals surface area contributed by atoms with E-state index in [1.807, 2.05) is 13.8 Å². The van der Waals surface area contributed by atoms with Crippen LogP contribution in [0.15, 0.2) is 0 Å². The number of rotatable bonds is 6. The highest BCUT2D eigenvalue weighted by molar-refractivity contribution is 5.79. The molecule has 1 saturated carbocycles. The zero-order valence-electron chi connectivity index (χ0n) is 11.2. The number of nitrogens with zero attached hydrogens (tertiary/aromatic N) is 1. The minimum Gasteiger partial charge on any atom is -0.480 e. The normalized spacial score (nSPS) is 21.4. The average molecular weight is 243 g/mol. The lowest BCUT2D eigenvalue weighted by Crippen LogP contribution is -2.59. The summed E-state index contributed by atoms with van der Waals surface area (Å²) in [6.07, 6.45) is 4.73. The molecule has 1 unspecified atom stereocenters. The summed E-state index contributed by atoms with van der Waals surface area (Å²) in [6.45, 7) is 5.43. The molecule has 0 heterocycles. The zero-order valence-corrected chi connectivity index (χ0v) is 11.2. The maximum absolute atomic E-state index is 11.7. The Hall–Kier alpha value is -0.610. The summed E-state index contributed by atoms with van der Waals surface area (Å²) in [7, 11) is 1.67. The molecule has 1 aliphatic carbocycles. The summed E-state index contributed by atoms with van der Waals surface area (Å²) in [6, 6.07) is 0.152. The van der Waals surface area contributed by atoms with E-state index in [2.05, 4.69) is 4.90 Å². The van der Waals surface area contributed by atoms with E-state index in [4.69, 9.17) is 4.74 Å². The monoisotopic (exact) mass is 243 g/mol. The minimum absolute atomic E-state index is 0.152. The van der Waals surface area contributed by atoms with Crippen LogP contribution in [0.2, 0.25) is 0 Å². The first-order valence-electron chi connectivity index (χ1n) is 6.57. The van der Waals surface area contributed by atoms with Crippen molar-refractivity contribution in [3.05, 3.63) is 0 Å². The number of carboxylic acids is 1. The zero-order chi connectivity index (χ0) is 12.9. The van der Waals surface area contributed by atoms with Gasteiger partial charge in [-0.05, 0) is 26.3 Å². The second kappa shape index (κ2) is 6.36. The van der Waals surface area contributed by atoms with Crippen molar-refractivity contribution in [2.45, 2.75) is 57.5 Å². The molecular formula is C13H25NO3. The van der Waals surface area contributed by atoms with Gasteiger partial charge in [0.05, 0.1) is 6.61 Å². The van der Waals surface area contributed by atoms with Gasteiger partial charge < -0.3 is 9.84 Å². The fourth-order valence-electron chi connectivity index (χ4n) is 3.13. The Labute approximate surface area is 104 Å². The molecule has 1 fully saturated rings. The summed E-state index contributed by atoms with van der Waals surface area (Å²) in [5, 5.41) is 9.62. The van der Waals surface area contributed by atoms with Gasteiger partial charge in [-0.3, -0.25) is 9.69 Å². The number of likely N-dealkylation sites (N-methyl/N-ethyl adjacent to an activating group) is 1. The van der Waals surface area contributed by atoms with Crippen molar-refractivity contribution in [2.75, 3.05) is 20.3 Å². The molecule has 0 radical (unpaired) electrons. The van der Waals surface area contributed by atoms with E-state index in [1.54, 1.807) is 7.11 Å². The smallest absolute Gasteiger partial charge is 0.324 e. The van der Waals surface area contributed by atoms with Crippen LogP contribution < -0.4 is 0 Å². The number of hydrogen-bond acceptors (Lipinski definition) is 3.